The van der Waals surface area contributed by atoms with Crippen LogP contribution in [0.1, 0.15) is 67.7 Å². The first kappa shape index (κ1) is 17.7. The summed E-state index contributed by atoms with van der Waals surface area (Å²) in [6.07, 6.45) is 6.13. The second-order valence-corrected chi connectivity index (χ2v) is 8.62. The molecule has 2 nitrogen and oxygen atoms in total. The smallest absolute Gasteiger partial charge is 0.0165 e. The van der Waals surface area contributed by atoms with Crippen molar-refractivity contribution in [2.24, 2.45) is 5.41 Å². The molecule has 1 saturated heterocycles. The van der Waals surface area contributed by atoms with Gasteiger partial charge in [-0.3, -0.25) is 4.90 Å². The van der Waals surface area contributed by atoms with E-state index in [2.05, 4.69) is 64.8 Å². The fraction of sp³-hybridized carbons (Fsp3) is 0.889. The summed E-state index contributed by atoms with van der Waals surface area (Å²) < 4.78 is 0. The Morgan fingerprint density at radius 2 is 1.65 bits per heavy atom. The maximum absolute atomic E-state index is 3.90. The topological polar surface area (TPSA) is 15.3 Å². The van der Waals surface area contributed by atoms with Crippen LogP contribution in [0.25, 0.3) is 0 Å². The second-order valence-electron chi connectivity index (χ2n) is 8.62. The van der Waals surface area contributed by atoms with Gasteiger partial charge in [-0.15, -0.1) is 0 Å². The minimum absolute atomic E-state index is 0.241. The quantitative estimate of drug-likeness (QED) is 0.759. The fourth-order valence-electron chi connectivity index (χ4n) is 3.50. The lowest BCUT2D eigenvalue weighted by atomic mass is 9.81. The average Bonchev–Trinajstić information content (AvgIpc) is 2.24. The van der Waals surface area contributed by atoms with Gasteiger partial charge in [0.25, 0.3) is 0 Å². The maximum atomic E-state index is 3.90. The Balaban J connectivity index is 2.37. The van der Waals surface area contributed by atoms with Crippen LogP contribution in [0.2, 0.25) is 0 Å². The van der Waals surface area contributed by atoms with Crippen molar-refractivity contribution in [1.82, 2.24) is 10.2 Å². The minimum Gasteiger partial charge on any atom is -0.309 e. The van der Waals surface area contributed by atoms with Gasteiger partial charge < -0.3 is 5.32 Å². The molecule has 0 aromatic rings. The van der Waals surface area contributed by atoms with Crippen LogP contribution in [0.5, 0.6) is 0 Å². The summed E-state index contributed by atoms with van der Waals surface area (Å²) in [4.78, 5) is 2.57. The van der Waals surface area contributed by atoms with Gasteiger partial charge in [-0.25, -0.2) is 0 Å². The lowest BCUT2D eigenvalue weighted by Crippen LogP contribution is -2.51. The van der Waals surface area contributed by atoms with Crippen LogP contribution in [0, 0.1) is 5.41 Å². The highest BCUT2D eigenvalue weighted by molar-refractivity contribution is 4.96. The highest BCUT2D eigenvalue weighted by Crippen LogP contribution is 2.28. The zero-order valence-electron chi connectivity index (χ0n) is 14.8. The highest BCUT2D eigenvalue weighted by Gasteiger charge is 2.29. The predicted octanol–water partition coefficient (Wildman–Crippen LogP) is 4.22. The Hall–Kier alpha value is -0.340. The summed E-state index contributed by atoms with van der Waals surface area (Å²) in [5.74, 6) is 0. The van der Waals surface area contributed by atoms with E-state index in [-0.39, 0.29) is 5.54 Å². The highest BCUT2D eigenvalue weighted by atomic mass is 15.1. The molecular weight excluding hydrogens is 244 g/mol. The summed E-state index contributed by atoms with van der Waals surface area (Å²) in [5, 5.41) is 3.90. The molecule has 0 unspecified atom stereocenters. The molecular formula is C18H36N2. The van der Waals surface area contributed by atoms with Gasteiger partial charge in [0, 0.05) is 18.1 Å². The van der Waals surface area contributed by atoms with Crippen molar-refractivity contribution in [2.75, 3.05) is 19.6 Å². The summed E-state index contributed by atoms with van der Waals surface area (Å²) >= 11 is 0. The molecule has 0 amide bonds. The Kier molecular flexibility index (Phi) is 6.27. The molecule has 1 N–H and O–H groups in total. The fourth-order valence-corrected chi connectivity index (χ4v) is 3.50. The van der Waals surface area contributed by atoms with Gasteiger partial charge in [0.1, 0.15) is 0 Å². The van der Waals surface area contributed by atoms with Crippen molar-refractivity contribution in [3.63, 3.8) is 0 Å². The first-order chi connectivity index (χ1) is 9.07. The number of nitrogens with one attached hydrogen (secondary N) is 1. The normalized spacial score (nSPS) is 19.1. The molecule has 1 aliphatic rings. The van der Waals surface area contributed by atoms with Crippen molar-refractivity contribution < 1.29 is 0 Å². The van der Waals surface area contributed by atoms with E-state index < -0.39 is 0 Å². The van der Waals surface area contributed by atoms with Crippen LogP contribution in [0.4, 0.5) is 0 Å². The van der Waals surface area contributed by atoms with E-state index in [0.29, 0.717) is 11.5 Å². The molecule has 1 heterocycles. The molecule has 1 rings (SSSR count). The molecule has 0 aromatic heterocycles. The third-order valence-electron chi connectivity index (χ3n) is 3.91. The van der Waals surface area contributed by atoms with E-state index in [1.807, 2.05) is 0 Å². The molecule has 0 aromatic carbocycles. The van der Waals surface area contributed by atoms with Gasteiger partial charge >= 0.3 is 0 Å². The van der Waals surface area contributed by atoms with Crippen LogP contribution < -0.4 is 5.32 Å². The summed E-state index contributed by atoms with van der Waals surface area (Å²) in [6.45, 7) is 19.7. The van der Waals surface area contributed by atoms with Crippen molar-refractivity contribution >= 4 is 0 Å². The van der Waals surface area contributed by atoms with Crippen LogP contribution in [-0.2, 0) is 0 Å². The number of piperidine rings is 1. The van der Waals surface area contributed by atoms with Gasteiger partial charge in [-0.2, -0.15) is 0 Å². The average molecular weight is 281 g/mol. The minimum atomic E-state index is 0.241. The molecule has 118 valence electrons. The number of allylic oxidation sites excluding steroid dienone is 1. The molecule has 1 aliphatic heterocycles. The molecule has 20 heavy (non-hydrogen) atoms. The summed E-state index contributed by atoms with van der Waals surface area (Å²) in [6, 6.07) is 0.690. The van der Waals surface area contributed by atoms with Gasteiger partial charge in [0.15, 0.2) is 0 Å². The molecule has 0 atom stereocenters. The van der Waals surface area contributed by atoms with E-state index in [4.69, 9.17) is 0 Å². The van der Waals surface area contributed by atoms with Gasteiger partial charge in [-0.05, 0) is 65.5 Å². The maximum Gasteiger partial charge on any atom is 0.0165 e. The Bertz CT molecular complexity index is 311. The molecule has 0 radical (unpaired) electrons. The largest absolute Gasteiger partial charge is 0.309 e. The summed E-state index contributed by atoms with van der Waals surface area (Å²) in [5.41, 5.74) is 2.06. The van der Waals surface area contributed by atoms with Crippen molar-refractivity contribution in [3.8, 4) is 0 Å². The predicted molar refractivity (Wildman–Crippen MR) is 90.2 cm³/mol. The van der Waals surface area contributed by atoms with Crippen LogP contribution >= 0.6 is 0 Å². The molecule has 1 fully saturated rings. The number of nitrogens with zero attached hydrogens (tertiary/aromatic N) is 1. The standard InChI is InChI=1S/C18H36N2/c1-15(2)8-11-20-12-9-16(10-13-20)19-18(6,7)14-17(3,4)5/h8,16,19H,9-14H2,1-7H3. The Labute approximate surface area is 127 Å². The lowest BCUT2D eigenvalue weighted by molar-refractivity contribution is 0.166. The van der Waals surface area contributed by atoms with Gasteiger partial charge in [0.2, 0.25) is 0 Å². The molecule has 0 spiro atoms. The SMILES string of the molecule is CC(C)=CCN1CCC(NC(C)(C)CC(C)(C)C)CC1. The third kappa shape index (κ3) is 7.44. The van der Waals surface area contributed by atoms with Crippen molar-refractivity contribution in [3.05, 3.63) is 11.6 Å². The lowest BCUT2D eigenvalue weighted by Gasteiger charge is -2.40. The molecule has 0 aliphatic carbocycles. The molecule has 0 bridgehead atoms. The van der Waals surface area contributed by atoms with Crippen LogP contribution in [0.15, 0.2) is 11.6 Å². The molecule has 0 saturated carbocycles. The Morgan fingerprint density at radius 3 is 2.10 bits per heavy atom. The van der Waals surface area contributed by atoms with Gasteiger partial charge in [-0.1, -0.05) is 32.4 Å². The zero-order chi connectivity index (χ0) is 15.4. The van der Waals surface area contributed by atoms with Crippen LogP contribution in [0.3, 0.4) is 0 Å². The number of hydrogen-bond donors (Lipinski definition) is 1. The third-order valence-corrected chi connectivity index (χ3v) is 3.91. The number of hydrogen-bond acceptors (Lipinski definition) is 2. The first-order valence-corrected chi connectivity index (χ1v) is 8.21. The van der Waals surface area contributed by atoms with Crippen molar-refractivity contribution in [2.45, 2.75) is 79.3 Å². The van der Waals surface area contributed by atoms with Crippen molar-refractivity contribution in [1.29, 1.82) is 0 Å². The Morgan fingerprint density at radius 1 is 1.10 bits per heavy atom. The number of rotatable bonds is 5. The first-order valence-electron chi connectivity index (χ1n) is 8.21. The van der Waals surface area contributed by atoms with E-state index in [0.717, 1.165) is 6.54 Å². The molecule has 2 heteroatoms. The van der Waals surface area contributed by atoms with E-state index in [1.165, 1.54) is 37.9 Å². The summed E-state index contributed by atoms with van der Waals surface area (Å²) in [7, 11) is 0. The van der Waals surface area contributed by atoms with E-state index in [1.54, 1.807) is 0 Å². The van der Waals surface area contributed by atoms with E-state index >= 15 is 0 Å². The monoisotopic (exact) mass is 280 g/mol. The number of likely N-dealkylation sites (tertiary alicyclic amines) is 1. The second kappa shape index (κ2) is 7.09. The van der Waals surface area contributed by atoms with Gasteiger partial charge in [0.05, 0.1) is 0 Å². The van der Waals surface area contributed by atoms with Crippen LogP contribution in [-0.4, -0.2) is 36.1 Å². The van der Waals surface area contributed by atoms with E-state index in [9.17, 15) is 0 Å². The zero-order valence-corrected chi connectivity index (χ0v) is 14.8.